The molecule has 8 heteroatoms. The number of hydrogen-bond donors (Lipinski definition) is 2. The Kier molecular flexibility index (Phi) is 4.82. The molecule has 0 aliphatic rings. The Balaban J connectivity index is 1.94. The number of hydrogen-bond acceptors (Lipinski definition) is 4. The molecule has 0 aliphatic carbocycles. The number of nitrogens with one attached hydrogen (secondary N) is 2. The van der Waals surface area contributed by atoms with Gasteiger partial charge < -0.3 is 15.5 Å². The van der Waals surface area contributed by atoms with Gasteiger partial charge in [-0.25, -0.2) is 23.5 Å². The van der Waals surface area contributed by atoms with Crippen LogP contribution in [-0.4, -0.2) is 30.1 Å². The third-order valence-electron chi connectivity index (χ3n) is 2.65. The summed E-state index contributed by atoms with van der Waals surface area (Å²) in [5.41, 5.74) is 0.644. The molecule has 116 valence electrons. The predicted molar refractivity (Wildman–Crippen MR) is 78.6 cm³/mol. The van der Waals surface area contributed by atoms with E-state index in [4.69, 9.17) is 0 Å². The van der Waals surface area contributed by atoms with Crippen LogP contribution in [0.5, 0.6) is 0 Å². The molecule has 0 unspecified atom stereocenters. The first-order valence-corrected chi connectivity index (χ1v) is 6.44. The highest BCUT2D eigenvalue weighted by atomic mass is 19.1. The maximum Gasteiger partial charge on any atom is 0.319 e. The topological polar surface area (TPSA) is 70.2 Å². The van der Waals surface area contributed by atoms with Crippen LogP contribution >= 0.6 is 0 Å². The molecule has 0 spiro atoms. The summed E-state index contributed by atoms with van der Waals surface area (Å²) in [6.45, 7) is 0.160. The minimum absolute atomic E-state index is 0.0340. The molecule has 1 heterocycles. The van der Waals surface area contributed by atoms with Crippen molar-refractivity contribution in [3.8, 4) is 0 Å². The molecule has 2 amide bonds. The number of nitrogens with zero attached hydrogens (tertiary/aromatic N) is 3. The highest BCUT2D eigenvalue weighted by Gasteiger charge is 2.06. The summed E-state index contributed by atoms with van der Waals surface area (Å²) in [5.74, 6) is -1.00. The fourth-order valence-corrected chi connectivity index (χ4v) is 1.67. The Morgan fingerprint density at radius 2 is 1.91 bits per heavy atom. The van der Waals surface area contributed by atoms with Crippen molar-refractivity contribution in [3.63, 3.8) is 0 Å². The molecular weight excluding hydrogens is 292 g/mol. The van der Waals surface area contributed by atoms with Crippen molar-refractivity contribution in [3.05, 3.63) is 47.8 Å². The zero-order valence-electron chi connectivity index (χ0n) is 12.1. The van der Waals surface area contributed by atoms with E-state index in [1.165, 1.54) is 0 Å². The second kappa shape index (κ2) is 6.79. The van der Waals surface area contributed by atoms with Gasteiger partial charge in [-0.2, -0.15) is 0 Å². The average molecular weight is 307 g/mol. The summed E-state index contributed by atoms with van der Waals surface area (Å²) < 4.78 is 26.0. The molecule has 0 fully saturated rings. The van der Waals surface area contributed by atoms with Crippen LogP contribution in [-0.2, 0) is 6.54 Å². The first-order valence-electron chi connectivity index (χ1n) is 6.44. The Morgan fingerprint density at radius 1 is 1.23 bits per heavy atom. The number of amides is 2. The maximum absolute atomic E-state index is 13.0. The number of anilines is 2. The zero-order valence-corrected chi connectivity index (χ0v) is 12.1. The lowest BCUT2D eigenvalue weighted by molar-refractivity contribution is 0.251. The molecule has 0 saturated carbocycles. The first-order chi connectivity index (χ1) is 10.4. The Hall–Kier alpha value is -2.77. The van der Waals surface area contributed by atoms with Gasteiger partial charge in [0.15, 0.2) is 0 Å². The van der Waals surface area contributed by atoms with E-state index in [9.17, 15) is 13.6 Å². The third kappa shape index (κ3) is 4.37. The van der Waals surface area contributed by atoms with Gasteiger partial charge in [0.25, 0.3) is 0 Å². The monoisotopic (exact) mass is 307 g/mol. The van der Waals surface area contributed by atoms with Gasteiger partial charge in [-0.15, -0.1) is 0 Å². The molecule has 0 atom stereocenters. The normalized spacial score (nSPS) is 10.2. The van der Waals surface area contributed by atoms with Crippen molar-refractivity contribution in [2.45, 2.75) is 6.54 Å². The first kappa shape index (κ1) is 15.6. The van der Waals surface area contributed by atoms with Crippen LogP contribution < -0.4 is 15.5 Å². The van der Waals surface area contributed by atoms with Crippen LogP contribution in [0.3, 0.4) is 0 Å². The Bertz CT molecular complexity index is 658. The number of halogens is 2. The van der Waals surface area contributed by atoms with Crippen LogP contribution in [0.1, 0.15) is 5.69 Å². The zero-order chi connectivity index (χ0) is 16.1. The number of benzene rings is 1. The summed E-state index contributed by atoms with van der Waals surface area (Å²) >= 11 is 0. The van der Waals surface area contributed by atoms with Crippen molar-refractivity contribution >= 4 is 17.7 Å². The molecule has 0 bridgehead atoms. The van der Waals surface area contributed by atoms with Gasteiger partial charge in [-0.05, 0) is 18.2 Å². The van der Waals surface area contributed by atoms with Crippen LogP contribution in [0.25, 0.3) is 0 Å². The second-order valence-electron chi connectivity index (χ2n) is 4.71. The molecule has 2 aromatic rings. The quantitative estimate of drug-likeness (QED) is 0.908. The lowest BCUT2D eigenvalue weighted by atomic mass is 10.3. The molecule has 22 heavy (non-hydrogen) atoms. The standard InChI is InChI=1S/C14H15F2N5O/c1-21(2)13-17-4-3-11(19-13)8-18-14(22)20-12-6-9(15)5-10(16)7-12/h3-7H,8H2,1-2H3,(H2,18,20,22). The van der Waals surface area contributed by atoms with Crippen molar-refractivity contribution in [2.75, 3.05) is 24.3 Å². The van der Waals surface area contributed by atoms with Gasteiger partial charge in [-0.3, -0.25) is 0 Å². The summed E-state index contributed by atoms with van der Waals surface area (Å²) in [4.78, 5) is 21.7. The predicted octanol–water partition coefficient (Wildman–Crippen LogP) is 2.14. The highest BCUT2D eigenvalue weighted by molar-refractivity contribution is 5.89. The van der Waals surface area contributed by atoms with E-state index in [1.807, 2.05) is 0 Å². The Labute approximate surface area is 126 Å². The molecule has 0 aliphatic heterocycles. The van der Waals surface area contributed by atoms with E-state index in [1.54, 1.807) is 31.3 Å². The van der Waals surface area contributed by atoms with Crippen LogP contribution in [0.2, 0.25) is 0 Å². The highest BCUT2D eigenvalue weighted by Crippen LogP contribution is 2.12. The van der Waals surface area contributed by atoms with E-state index in [0.29, 0.717) is 11.6 Å². The fourth-order valence-electron chi connectivity index (χ4n) is 1.67. The van der Waals surface area contributed by atoms with Gasteiger partial charge in [0, 0.05) is 32.0 Å². The molecule has 2 rings (SSSR count). The average Bonchev–Trinajstić information content (AvgIpc) is 2.44. The summed E-state index contributed by atoms with van der Waals surface area (Å²) in [5, 5.41) is 4.90. The van der Waals surface area contributed by atoms with E-state index in [0.717, 1.165) is 18.2 Å². The number of aromatic nitrogens is 2. The van der Waals surface area contributed by atoms with Gasteiger partial charge >= 0.3 is 6.03 Å². The van der Waals surface area contributed by atoms with Gasteiger partial charge in [0.2, 0.25) is 5.95 Å². The molecule has 0 saturated heterocycles. The number of rotatable bonds is 4. The molecule has 1 aromatic heterocycles. The largest absolute Gasteiger partial charge is 0.347 e. The summed E-state index contributed by atoms with van der Waals surface area (Å²) in [6.07, 6.45) is 1.58. The molecule has 0 radical (unpaired) electrons. The van der Waals surface area contributed by atoms with Gasteiger partial charge in [0.1, 0.15) is 11.6 Å². The number of urea groups is 1. The van der Waals surface area contributed by atoms with Crippen LogP contribution in [0.4, 0.5) is 25.2 Å². The van der Waals surface area contributed by atoms with Crippen molar-refractivity contribution < 1.29 is 13.6 Å². The maximum atomic E-state index is 13.0. The van der Waals surface area contributed by atoms with E-state index >= 15 is 0 Å². The minimum atomic E-state index is -0.762. The second-order valence-corrected chi connectivity index (χ2v) is 4.71. The van der Waals surface area contributed by atoms with Gasteiger partial charge in [0.05, 0.1) is 12.2 Å². The third-order valence-corrected chi connectivity index (χ3v) is 2.65. The van der Waals surface area contributed by atoms with E-state index in [2.05, 4.69) is 20.6 Å². The lowest BCUT2D eigenvalue weighted by Crippen LogP contribution is -2.28. The lowest BCUT2D eigenvalue weighted by Gasteiger charge is -2.11. The molecule has 1 aromatic carbocycles. The summed E-state index contributed by atoms with van der Waals surface area (Å²) in [6, 6.07) is 3.85. The van der Waals surface area contributed by atoms with Crippen LogP contribution in [0.15, 0.2) is 30.5 Å². The van der Waals surface area contributed by atoms with Crippen molar-refractivity contribution in [1.82, 2.24) is 15.3 Å². The SMILES string of the molecule is CN(C)c1nccc(CNC(=O)Nc2cc(F)cc(F)c2)n1. The molecule has 2 N–H and O–H groups in total. The van der Waals surface area contributed by atoms with Gasteiger partial charge in [-0.1, -0.05) is 0 Å². The van der Waals surface area contributed by atoms with Crippen LogP contribution in [0, 0.1) is 11.6 Å². The van der Waals surface area contributed by atoms with Crippen molar-refractivity contribution in [2.24, 2.45) is 0 Å². The van der Waals surface area contributed by atoms with Crippen molar-refractivity contribution in [1.29, 1.82) is 0 Å². The van der Waals surface area contributed by atoms with E-state index in [-0.39, 0.29) is 12.2 Å². The molecule has 6 nitrogen and oxygen atoms in total. The minimum Gasteiger partial charge on any atom is -0.347 e. The smallest absolute Gasteiger partial charge is 0.319 e. The fraction of sp³-hybridized carbons (Fsp3) is 0.214. The number of carbonyl (C=O) groups is 1. The molecular formula is C14H15F2N5O. The number of carbonyl (C=O) groups excluding carboxylic acids is 1. The Morgan fingerprint density at radius 3 is 2.55 bits per heavy atom. The van der Waals surface area contributed by atoms with E-state index < -0.39 is 17.7 Å². The summed E-state index contributed by atoms with van der Waals surface area (Å²) in [7, 11) is 3.61.